The van der Waals surface area contributed by atoms with Gasteiger partial charge in [-0.25, -0.2) is 5.43 Å². The maximum atomic E-state index is 3.88. The van der Waals surface area contributed by atoms with Gasteiger partial charge in [-0.1, -0.05) is 0 Å². The maximum absolute atomic E-state index is 3.88. The standard InChI is InChI=1S/C8H12N4/c1-9-11-7-3-5-8(6-4-7)12-10-2/h3-6,9,11H,1-2H3. The Labute approximate surface area is 71.7 Å². The van der Waals surface area contributed by atoms with Gasteiger partial charge in [0.05, 0.1) is 5.69 Å². The van der Waals surface area contributed by atoms with E-state index in [1.807, 2.05) is 31.3 Å². The first-order chi connectivity index (χ1) is 5.86. The summed E-state index contributed by atoms with van der Waals surface area (Å²) in [6.07, 6.45) is 0. The molecule has 0 aliphatic heterocycles. The van der Waals surface area contributed by atoms with E-state index >= 15 is 0 Å². The quantitative estimate of drug-likeness (QED) is 0.530. The highest BCUT2D eigenvalue weighted by Gasteiger charge is 1.89. The van der Waals surface area contributed by atoms with Gasteiger partial charge < -0.3 is 5.43 Å². The lowest BCUT2D eigenvalue weighted by atomic mass is 10.3. The van der Waals surface area contributed by atoms with Gasteiger partial charge >= 0.3 is 0 Å². The Morgan fingerprint density at radius 3 is 2.33 bits per heavy atom. The Kier molecular flexibility index (Phi) is 3.22. The number of benzene rings is 1. The molecule has 2 N–H and O–H groups in total. The first-order valence-electron chi connectivity index (χ1n) is 3.69. The lowest BCUT2D eigenvalue weighted by Crippen LogP contribution is -2.14. The zero-order valence-electron chi connectivity index (χ0n) is 7.20. The number of nitrogens with one attached hydrogen (secondary N) is 2. The summed E-state index contributed by atoms with van der Waals surface area (Å²) in [5.74, 6) is 0. The van der Waals surface area contributed by atoms with Gasteiger partial charge in [-0.2, -0.15) is 10.2 Å². The van der Waals surface area contributed by atoms with Crippen LogP contribution in [0.2, 0.25) is 0 Å². The van der Waals surface area contributed by atoms with E-state index in [4.69, 9.17) is 0 Å². The Morgan fingerprint density at radius 1 is 1.17 bits per heavy atom. The van der Waals surface area contributed by atoms with E-state index in [0.29, 0.717) is 0 Å². The van der Waals surface area contributed by atoms with Crippen molar-refractivity contribution in [2.24, 2.45) is 10.2 Å². The van der Waals surface area contributed by atoms with Crippen molar-refractivity contribution >= 4 is 11.4 Å². The summed E-state index contributed by atoms with van der Waals surface area (Å²) in [6.45, 7) is 0. The average Bonchev–Trinajstić information content (AvgIpc) is 2.09. The number of nitrogens with zero attached hydrogens (tertiary/aromatic N) is 2. The van der Waals surface area contributed by atoms with Crippen molar-refractivity contribution in [1.82, 2.24) is 5.43 Å². The van der Waals surface area contributed by atoms with Crippen molar-refractivity contribution in [2.75, 3.05) is 19.5 Å². The minimum Gasteiger partial charge on any atom is -0.322 e. The second kappa shape index (κ2) is 4.46. The van der Waals surface area contributed by atoms with E-state index in [1.165, 1.54) is 0 Å². The number of hydrogen-bond acceptors (Lipinski definition) is 4. The number of hydrogen-bond donors (Lipinski definition) is 2. The Hall–Kier alpha value is -1.42. The third-order valence-corrected chi connectivity index (χ3v) is 1.35. The van der Waals surface area contributed by atoms with Gasteiger partial charge in [0.25, 0.3) is 0 Å². The molecular weight excluding hydrogens is 152 g/mol. The smallest absolute Gasteiger partial charge is 0.0853 e. The highest BCUT2D eigenvalue weighted by Crippen LogP contribution is 2.15. The van der Waals surface area contributed by atoms with Gasteiger partial charge in [0.1, 0.15) is 0 Å². The van der Waals surface area contributed by atoms with Crippen LogP contribution in [0.4, 0.5) is 11.4 Å². The van der Waals surface area contributed by atoms with Crippen molar-refractivity contribution in [3.05, 3.63) is 24.3 Å². The molecule has 4 heteroatoms. The molecule has 0 saturated heterocycles. The molecule has 1 aromatic rings. The number of hydrazine groups is 1. The zero-order valence-corrected chi connectivity index (χ0v) is 7.20. The molecule has 0 saturated carbocycles. The van der Waals surface area contributed by atoms with Crippen LogP contribution in [0, 0.1) is 0 Å². The molecule has 0 aliphatic carbocycles. The molecule has 64 valence electrons. The normalized spacial score (nSPS) is 10.5. The van der Waals surface area contributed by atoms with Crippen LogP contribution in [-0.4, -0.2) is 14.1 Å². The number of azo groups is 1. The SMILES string of the molecule is CN=Nc1ccc(NNC)cc1. The predicted molar refractivity (Wildman–Crippen MR) is 49.6 cm³/mol. The minimum absolute atomic E-state index is 0.860. The molecule has 0 spiro atoms. The van der Waals surface area contributed by atoms with Gasteiger partial charge in [-0.15, -0.1) is 0 Å². The second-order valence-corrected chi connectivity index (χ2v) is 2.22. The highest BCUT2D eigenvalue weighted by molar-refractivity contribution is 5.49. The van der Waals surface area contributed by atoms with E-state index in [-0.39, 0.29) is 0 Å². The van der Waals surface area contributed by atoms with Crippen molar-refractivity contribution < 1.29 is 0 Å². The van der Waals surface area contributed by atoms with Crippen molar-refractivity contribution in [3.8, 4) is 0 Å². The van der Waals surface area contributed by atoms with E-state index in [9.17, 15) is 0 Å². The predicted octanol–water partition coefficient (Wildman–Crippen LogP) is 1.95. The topological polar surface area (TPSA) is 48.8 Å². The number of rotatable bonds is 3. The van der Waals surface area contributed by atoms with Crippen LogP contribution < -0.4 is 10.9 Å². The molecule has 0 heterocycles. The monoisotopic (exact) mass is 164 g/mol. The molecule has 0 amide bonds. The molecule has 0 radical (unpaired) electrons. The molecule has 0 fully saturated rings. The van der Waals surface area contributed by atoms with Crippen LogP contribution >= 0.6 is 0 Å². The van der Waals surface area contributed by atoms with E-state index in [0.717, 1.165) is 11.4 Å². The fourth-order valence-corrected chi connectivity index (χ4v) is 0.871. The molecule has 0 aromatic heterocycles. The van der Waals surface area contributed by atoms with Gasteiger partial charge in [-0.05, 0) is 24.3 Å². The summed E-state index contributed by atoms with van der Waals surface area (Å²) in [7, 11) is 3.47. The first-order valence-corrected chi connectivity index (χ1v) is 3.69. The Bertz CT molecular complexity index is 252. The Morgan fingerprint density at radius 2 is 1.83 bits per heavy atom. The molecular formula is C8H12N4. The summed E-state index contributed by atoms with van der Waals surface area (Å²) in [6, 6.07) is 7.65. The third-order valence-electron chi connectivity index (χ3n) is 1.35. The van der Waals surface area contributed by atoms with E-state index < -0.39 is 0 Å². The van der Waals surface area contributed by atoms with Crippen molar-refractivity contribution in [1.29, 1.82) is 0 Å². The van der Waals surface area contributed by atoms with Gasteiger partial charge in [0, 0.05) is 19.8 Å². The fourth-order valence-electron chi connectivity index (χ4n) is 0.871. The summed E-state index contributed by atoms with van der Waals surface area (Å²) < 4.78 is 0. The third kappa shape index (κ3) is 2.32. The summed E-state index contributed by atoms with van der Waals surface area (Å²) in [5, 5.41) is 7.56. The second-order valence-electron chi connectivity index (χ2n) is 2.22. The van der Waals surface area contributed by atoms with Crippen LogP contribution in [0.25, 0.3) is 0 Å². The summed E-state index contributed by atoms with van der Waals surface area (Å²) >= 11 is 0. The van der Waals surface area contributed by atoms with Crippen LogP contribution in [-0.2, 0) is 0 Å². The molecule has 0 unspecified atom stereocenters. The Balaban J connectivity index is 2.71. The minimum atomic E-state index is 0.860. The molecule has 0 bridgehead atoms. The molecule has 1 aromatic carbocycles. The maximum Gasteiger partial charge on any atom is 0.0853 e. The molecule has 1 rings (SSSR count). The fraction of sp³-hybridized carbons (Fsp3) is 0.250. The molecule has 0 aliphatic rings. The van der Waals surface area contributed by atoms with Crippen LogP contribution in [0.15, 0.2) is 34.5 Å². The lowest BCUT2D eigenvalue weighted by Gasteiger charge is -2.02. The van der Waals surface area contributed by atoms with Gasteiger partial charge in [-0.3, -0.25) is 0 Å². The lowest BCUT2D eigenvalue weighted by molar-refractivity contribution is 0.984. The van der Waals surface area contributed by atoms with E-state index in [2.05, 4.69) is 21.1 Å². The summed E-state index contributed by atoms with van der Waals surface area (Å²) in [5.41, 5.74) is 7.65. The summed E-state index contributed by atoms with van der Waals surface area (Å²) in [4.78, 5) is 0. The largest absolute Gasteiger partial charge is 0.322 e. The van der Waals surface area contributed by atoms with Gasteiger partial charge in [0.15, 0.2) is 0 Å². The molecule has 0 atom stereocenters. The van der Waals surface area contributed by atoms with Crippen LogP contribution in [0.3, 0.4) is 0 Å². The number of anilines is 1. The van der Waals surface area contributed by atoms with Crippen LogP contribution in [0.1, 0.15) is 0 Å². The first kappa shape index (κ1) is 8.67. The highest BCUT2D eigenvalue weighted by atomic mass is 15.3. The van der Waals surface area contributed by atoms with E-state index in [1.54, 1.807) is 7.05 Å². The molecule has 12 heavy (non-hydrogen) atoms. The molecule has 4 nitrogen and oxygen atoms in total. The van der Waals surface area contributed by atoms with Gasteiger partial charge in [0.2, 0.25) is 0 Å². The van der Waals surface area contributed by atoms with Crippen molar-refractivity contribution in [3.63, 3.8) is 0 Å². The van der Waals surface area contributed by atoms with Crippen LogP contribution in [0.5, 0.6) is 0 Å². The van der Waals surface area contributed by atoms with Crippen molar-refractivity contribution in [2.45, 2.75) is 0 Å². The average molecular weight is 164 g/mol. The zero-order chi connectivity index (χ0) is 8.81.